The van der Waals surface area contributed by atoms with E-state index in [9.17, 15) is 0 Å². The van der Waals surface area contributed by atoms with Crippen LogP contribution in [0.15, 0.2) is 12.1 Å². The van der Waals surface area contributed by atoms with E-state index in [-0.39, 0.29) is 5.60 Å². The van der Waals surface area contributed by atoms with Crippen LogP contribution >= 0.6 is 0 Å². The molecule has 3 nitrogen and oxygen atoms in total. The zero-order valence-electron chi connectivity index (χ0n) is 14.4. The van der Waals surface area contributed by atoms with E-state index in [0.717, 1.165) is 25.3 Å². The van der Waals surface area contributed by atoms with Crippen molar-refractivity contribution in [1.29, 1.82) is 0 Å². The lowest BCUT2D eigenvalue weighted by atomic mass is 9.86. The van der Waals surface area contributed by atoms with E-state index in [1.54, 1.807) is 0 Å². The van der Waals surface area contributed by atoms with Crippen LogP contribution in [0.4, 0.5) is 0 Å². The first-order chi connectivity index (χ1) is 9.78. The van der Waals surface area contributed by atoms with Gasteiger partial charge in [0.2, 0.25) is 0 Å². The third-order valence-corrected chi connectivity index (χ3v) is 4.10. The van der Waals surface area contributed by atoms with Crippen LogP contribution in [0.3, 0.4) is 0 Å². The van der Waals surface area contributed by atoms with Crippen molar-refractivity contribution in [2.75, 3.05) is 27.2 Å². The van der Waals surface area contributed by atoms with Gasteiger partial charge in [0, 0.05) is 18.0 Å². The molecule has 1 aromatic rings. The Morgan fingerprint density at radius 3 is 2.67 bits per heavy atom. The fourth-order valence-corrected chi connectivity index (χ4v) is 3.25. The molecule has 0 radical (unpaired) electrons. The Hall–Kier alpha value is -1.06. The molecule has 0 bridgehead atoms. The minimum absolute atomic E-state index is 0.105. The molecule has 0 aliphatic carbocycles. The summed E-state index contributed by atoms with van der Waals surface area (Å²) in [7, 11) is 4.25. The minimum atomic E-state index is -0.105. The maximum Gasteiger partial charge on any atom is 0.125 e. The molecule has 1 aliphatic heterocycles. The second kappa shape index (κ2) is 6.37. The second-order valence-corrected chi connectivity index (χ2v) is 7.22. The first-order valence-corrected chi connectivity index (χ1v) is 7.97. The highest BCUT2D eigenvalue weighted by Crippen LogP contribution is 2.41. The molecule has 1 heterocycles. The van der Waals surface area contributed by atoms with E-state index in [0.29, 0.717) is 6.04 Å². The summed E-state index contributed by atoms with van der Waals surface area (Å²) < 4.78 is 6.21. The van der Waals surface area contributed by atoms with Crippen LogP contribution in [0.5, 0.6) is 5.75 Å². The van der Waals surface area contributed by atoms with E-state index in [1.807, 2.05) is 0 Å². The summed E-state index contributed by atoms with van der Waals surface area (Å²) in [5.41, 5.74) is 3.86. The van der Waals surface area contributed by atoms with E-state index in [4.69, 9.17) is 4.74 Å². The van der Waals surface area contributed by atoms with E-state index >= 15 is 0 Å². The third-order valence-electron chi connectivity index (χ3n) is 4.10. The Labute approximate surface area is 129 Å². The molecule has 1 aromatic carbocycles. The fraction of sp³-hybridized carbons (Fsp3) is 0.667. The Morgan fingerprint density at radius 2 is 2.00 bits per heavy atom. The summed E-state index contributed by atoms with van der Waals surface area (Å²) in [6.45, 7) is 10.9. The van der Waals surface area contributed by atoms with Crippen LogP contribution < -0.4 is 10.1 Å². The average molecular weight is 290 g/mol. The van der Waals surface area contributed by atoms with Crippen LogP contribution in [-0.4, -0.2) is 37.7 Å². The van der Waals surface area contributed by atoms with Gasteiger partial charge in [0.1, 0.15) is 11.4 Å². The molecule has 1 atom stereocenters. The predicted octanol–water partition coefficient (Wildman–Crippen LogP) is 3.45. The van der Waals surface area contributed by atoms with Crippen LogP contribution in [-0.2, 0) is 0 Å². The smallest absolute Gasteiger partial charge is 0.125 e. The summed E-state index contributed by atoms with van der Waals surface area (Å²) in [6.07, 6.45) is 2.19. The van der Waals surface area contributed by atoms with Crippen molar-refractivity contribution in [2.45, 2.75) is 52.2 Å². The topological polar surface area (TPSA) is 24.5 Å². The van der Waals surface area contributed by atoms with Crippen molar-refractivity contribution in [1.82, 2.24) is 10.2 Å². The molecule has 1 aliphatic rings. The molecular formula is C18H30N2O. The standard InChI is InChI=1S/C18H30N2O/c1-13-10-14(2)17-15(19-8-7-9-20(5)6)12-18(3,4)21-16(17)11-13/h10-11,15,19H,7-9,12H2,1-6H3. The Bertz CT molecular complexity index is 494. The maximum atomic E-state index is 6.21. The highest BCUT2D eigenvalue weighted by atomic mass is 16.5. The van der Waals surface area contributed by atoms with Gasteiger partial charge in [-0.3, -0.25) is 0 Å². The molecule has 0 amide bonds. The maximum absolute atomic E-state index is 6.21. The van der Waals surface area contributed by atoms with Crippen molar-refractivity contribution in [3.05, 3.63) is 28.8 Å². The van der Waals surface area contributed by atoms with Gasteiger partial charge in [0.05, 0.1) is 0 Å². The number of aryl methyl sites for hydroxylation is 2. The Balaban J connectivity index is 2.15. The molecular weight excluding hydrogens is 260 g/mol. The van der Waals surface area contributed by atoms with E-state index in [1.165, 1.54) is 23.1 Å². The van der Waals surface area contributed by atoms with Gasteiger partial charge in [-0.25, -0.2) is 0 Å². The normalized spacial score (nSPS) is 20.2. The lowest BCUT2D eigenvalue weighted by molar-refractivity contribution is 0.0656. The summed E-state index contributed by atoms with van der Waals surface area (Å²) >= 11 is 0. The molecule has 1 unspecified atom stereocenters. The second-order valence-electron chi connectivity index (χ2n) is 7.22. The summed E-state index contributed by atoms with van der Waals surface area (Å²) in [5.74, 6) is 1.06. The van der Waals surface area contributed by atoms with Crippen molar-refractivity contribution in [3.8, 4) is 5.75 Å². The number of fused-ring (bicyclic) bond motifs is 1. The lowest BCUT2D eigenvalue weighted by Crippen LogP contribution is -2.40. The van der Waals surface area contributed by atoms with Crippen LogP contribution in [0, 0.1) is 13.8 Å². The van der Waals surface area contributed by atoms with E-state index in [2.05, 4.69) is 64.1 Å². The molecule has 0 saturated carbocycles. The number of hydrogen-bond acceptors (Lipinski definition) is 3. The number of benzene rings is 1. The fourth-order valence-electron chi connectivity index (χ4n) is 3.25. The molecule has 21 heavy (non-hydrogen) atoms. The number of nitrogens with one attached hydrogen (secondary N) is 1. The van der Waals surface area contributed by atoms with Gasteiger partial charge in [-0.15, -0.1) is 0 Å². The van der Waals surface area contributed by atoms with Gasteiger partial charge in [-0.2, -0.15) is 0 Å². The number of rotatable bonds is 5. The molecule has 0 spiro atoms. The minimum Gasteiger partial charge on any atom is -0.487 e. The van der Waals surface area contributed by atoms with Crippen LogP contribution in [0.25, 0.3) is 0 Å². The highest BCUT2D eigenvalue weighted by Gasteiger charge is 2.34. The summed E-state index contributed by atoms with van der Waals surface area (Å²) in [5, 5.41) is 3.74. The van der Waals surface area contributed by atoms with Crippen molar-refractivity contribution in [3.63, 3.8) is 0 Å². The predicted molar refractivity (Wildman–Crippen MR) is 89.2 cm³/mol. The number of ether oxygens (including phenoxy) is 1. The third kappa shape index (κ3) is 4.21. The molecule has 0 saturated heterocycles. The van der Waals surface area contributed by atoms with Crippen LogP contribution in [0.2, 0.25) is 0 Å². The molecule has 2 rings (SSSR count). The summed E-state index contributed by atoms with van der Waals surface area (Å²) in [6, 6.07) is 4.83. The molecule has 3 heteroatoms. The van der Waals surface area contributed by atoms with Gasteiger partial charge >= 0.3 is 0 Å². The first kappa shape index (κ1) is 16.3. The van der Waals surface area contributed by atoms with Crippen molar-refractivity contribution < 1.29 is 4.74 Å². The van der Waals surface area contributed by atoms with Gasteiger partial charge in [-0.1, -0.05) is 6.07 Å². The number of nitrogens with zero attached hydrogens (tertiary/aromatic N) is 1. The first-order valence-electron chi connectivity index (χ1n) is 7.97. The lowest BCUT2D eigenvalue weighted by Gasteiger charge is -2.39. The number of hydrogen-bond donors (Lipinski definition) is 1. The van der Waals surface area contributed by atoms with Crippen molar-refractivity contribution >= 4 is 0 Å². The zero-order chi connectivity index (χ0) is 15.6. The largest absolute Gasteiger partial charge is 0.487 e. The Morgan fingerprint density at radius 1 is 1.29 bits per heavy atom. The molecule has 118 valence electrons. The molecule has 0 fully saturated rings. The summed E-state index contributed by atoms with van der Waals surface area (Å²) in [4.78, 5) is 2.23. The molecule has 1 N–H and O–H groups in total. The monoisotopic (exact) mass is 290 g/mol. The van der Waals surface area contributed by atoms with Gasteiger partial charge in [0.15, 0.2) is 0 Å². The Kier molecular flexibility index (Phi) is 4.95. The van der Waals surface area contributed by atoms with E-state index < -0.39 is 0 Å². The van der Waals surface area contributed by atoms with Gasteiger partial charge in [-0.05, 0) is 78.5 Å². The molecule has 0 aromatic heterocycles. The highest BCUT2D eigenvalue weighted by molar-refractivity contribution is 5.47. The van der Waals surface area contributed by atoms with Crippen molar-refractivity contribution in [2.24, 2.45) is 0 Å². The van der Waals surface area contributed by atoms with Gasteiger partial charge in [0.25, 0.3) is 0 Å². The van der Waals surface area contributed by atoms with Crippen LogP contribution in [0.1, 0.15) is 49.4 Å². The average Bonchev–Trinajstić information content (AvgIpc) is 2.31. The zero-order valence-corrected chi connectivity index (χ0v) is 14.4. The quantitative estimate of drug-likeness (QED) is 0.841. The SMILES string of the molecule is Cc1cc(C)c2c(c1)OC(C)(C)CC2NCCCN(C)C. The van der Waals surface area contributed by atoms with Gasteiger partial charge < -0.3 is 15.0 Å².